The first-order valence-electron chi connectivity index (χ1n) is 5.71. The number of carboxylic acid groups (broad SMARTS) is 1. The van der Waals surface area contributed by atoms with Gasteiger partial charge in [-0.15, -0.1) is 11.8 Å². The highest BCUT2D eigenvalue weighted by molar-refractivity contribution is 8.00. The highest BCUT2D eigenvalue weighted by Crippen LogP contribution is 2.13. The van der Waals surface area contributed by atoms with Crippen LogP contribution in [0.5, 0.6) is 0 Å². The topological polar surface area (TPSA) is 83.5 Å². The van der Waals surface area contributed by atoms with Crippen molar-refractivity contribution in [2.24, 2.45) is 0 Å². The first-order valence-corrected chi connectivity index (χ1v) is 6.76. The van der Waals surface area contributed by atoms with Crippen molar-refractivity contribution in [3.63, 3.8) is 0 Å². The van der Waals surface area contributed by atoms with Gasteiger partial charge in [-0.05, 0) is 12.1 Å². The smallest absolute Gasteiger partial charge is 0.304 e. The van der Waals surface area contributed by atoms with Crippen molar-refractivity contribution in [3.05, 3.63) is 35.9 Å². The van der Waals surface area contributed by atoms with Gasteiger partial charge < -0.3 is 5.11 Å². The van der Waals surface area contributed by atoms with Crippen LogP contribution in [0.3, 0.4) is 0 Å². The summed E-state index contributed by atoms with van der Waals surface area (Å²) in [6.45, 7) is 1.73. The molecule has 1 unspecified atom stereocenters. The molecule has 0 aliphatic heterocycles. The van der Waals surface area contributed by atoms with E-state index < -0.39 is 17.8 Å². The van der Waals surface area contributed by atoms with Crippen molar-refractivity contribution < 1.29 is 19.5 Å². The molecule has 1 atom stereocenters. The summed E-state index contributed by atoms with van der Waals surface area (Å²) in [7, 11) is 0. The van der Waals surface area contributed by atoms with Gasteiger partial charge in [-0.25, -0.2) is 0 Å². The molecule has 0 aliphatic rings. The van der Waals surface area contributed by atoms with Crippen molar-refractivity contribution in [3.8, 4) is 0 Å². The molecule has 0 saturated heterocycles. The van der Waals surface area contributed by atoms with Gasteiger partial charge in [0.25, 0.3) is 5.91 Å². The Hall–Kier alpha value is -1.82. The van der Waals surface area contributed by atoms with Gasteiger partial charge in [-0.1, -0.05) is 25.1 Å². The van der Waals surface area contributed by atoms with Crippen molar-refractivity contribution in [2.45, 2.75) is 18.6 Å². The Morgan fingerprint density at radius 3 is 2.47 bits per heavy atom. The molecule has 0 heterocycles. The number of imide groups is 1. The van der Waals surface area contributed by atoms with E-state index in [0.717, 1.165) is 0 Å². The fourth-order valence-electron chi connectivity index (χ4n) is 1.35. The van der Waals surface area contributed by atoms with Crippen LogP contribution in [0.2, 0.25) is 0 Å². The molecule has 1 rings (SSSR count). The van der Waals surface area contributed by atoms with Crippen LogP contribution >= 0.6 is 11.8 Å². The summed E-state index contributed by atoms with van der Waals surface area (Å²) in [5.74, 6) is -1.71. The van der Waals surface area contributed by atoms with Crippen LogP contribution in [-0.4, -0.2) is 33.9 Å². The molecule has 5 nitrogen and oxygen atoms in total. The fourth-order valence-corrected chi connectivity index (χ4v) is 2.12. The molecular weight excluding hydrogens is 266 g/mol. The minimum atomic E-state index is -0.902. The van der Waals surface area contributed by atoms with Gasteiger partial charge in [0.05, 0.1) is 12.2 Å². The predicted molar refractivity (Wildman–Crippen MR) is 73.1 cm³/mol. The number of thioether (sulfide) groups is 1. The third-order valence-corrected chi connectivity index (χ3v) is 3.41. The van der Waals surface area contributed by atoms with E-state index in [2.05, 4.69) is 5.32 Å². The summed E-state index contributed by atoms with van der Waals surface area (Å²) in [5, 5.41) is 10.7. The van der Waals surface area contributed by atoms with Crippen LogP contribution in [-0.2, 0) is 9.59 Å². The number of carbonyl (C=O) groups is 3. The number of aliphatic carboxylic acids is 1. The zero-order chi connectivity index (χ0) is 14.3. The maximum absolute atomic E-state index is 11.6. The van der Waals surface area contributed by atoms with Gasteiger partial charge in [0, 0.05) is 10.8 Å². The third kappa shape index (κ3) is 6.05. The molecule has 2 amide bonds. The molecule has 0 radical (unpaired) electrons. The Bertz CT molecular complexity index is 461. The van der Waals surface area contributed by atoms with E-state index >= 15 is 0 Å². The second-order valence-corrected chi connectivity index (χ2v) is 5.39. The van der Waals surface area contributed by atoms with Crippen LogP contribution in [0.15, 0.2) is 30.3 Å². The second-order valence-electron chi connectivity index (χ2n) is 3.96. The van der Waals surface area contributed by atoms with E-state index in [1.807, 2.05) is 0 Å². The number of nitrogens with one attached hydrogen (secondary N) is 1. The van der Waals surface area contributed by atoms with E-state index in [1.165, 1.54) is 11.8 Å². The number of carbonyl (C=O) groups excluding carboxylic acids is 2. The molecule has 2 N–H and O–H groups in total. The molecule has 0 aliphatic carbocycles. The lowest BCUT2D eigenvalue weighted by Crippen LogP contribution is -2.32. The van der Waals surface area contributed by atoms with Crippen LogP contribution in [0.25, 0.3) is 0 Å². The van der Waals surface area contributed by atoms with Crippen LogP contribution < -0.4 is 5.32 Å². The second kappa shape index (κ2) is 7.58. The molecule has 0 spiro atoms. The van der Waals surface area contributed by atoms with Gasteiger partial charge in [-0.3, -0.25) is 19.7 Å². The zero-order valence-corrected chi connectivity index (χ0v) is 11.3. The van der Waals surface area contributed by atoms with Gasteiger partial charge in [0.15, 0.2) is 0 Å². The van der Waals surface area contributed by atoms with Crippen molar-refractivity contribution in [1.29, 1.82) is 0 Å². The quantitative estimate of drug-likeness (QED) is 0.826. The number of amides is 2. The molecule has 102 valence electrons. The molecule has 1 aromatic rings. The van der Waals surface area contributed by atoms with Crippen molar-refractivity contribution in [2.75, 3.05) is 5.75 Å². The summed E-state index contributed by atoms with van der Waals surface area (Å²) >= 11 is 1.20. The lowest BCUT2D eigenvalue weighted by Gasteiger charge is -2.08. The largest absolute Gasteiger partial charge is 0.481 e. The van der Waals surface area contributed by atoms with Gasteiger partial charge >= 0.3 is 5.97 Å². The summed E-state index contributed by atoms with van der Waals surface area (Å²) < 4.78 is 0. The Morgan fingerprint density at radius 1 is 1.26 bits per heavy atom. The standard InChI is InChI=1S/C13H15NO4S/c1-9(7-12(16)17)19-8-11(15)14-13(18)10-5-3-2-4-6-10/h2-6,9H,7-8H2,1H3,(H,16,17)(H,14,15,18). The van der Waals surface area contributed by atoms with Crippen LogP contribution in [0.1, 0.15) is 23.7 Å². The summed E-state index contributed by atoms with van der Waals surface area (Å²) in [4.78, 5) is 33.6. The van der Waals surface area contributed by atoms with Gasteiger partial charge in [0.1, 0.15) is 0 Å². The molecule has 0 saturated carbocycles. The summed E-state index contributed by atoms with van der Waals surface area (Å²) in [6.07, 6.45) is -0.00935. The highest BCUT2D eigenvalue weighted by atomic mass is 32.2. The molecule has 0 bridgehead atoms. The maximum Gasteiger partial charge on any atom is 0.304 e. The number of carboxylic acids is 1. The maximum atomic E-state index is 11.6. The van der Waals surface area contributed by atoms with E-state index in [-0.39, 0.29) is 17.4 Å². The van der Waals surface area contributed by atoms with Crippen molar-refractivity contribution in [1.82, 2.24) is 5.32 Å². The normalized spacial score (nSPS) is 11.6. The average molecular weight is 281 g/mol. The Labute approximate surface area is 115 Å². The molecular formula is C13H15NO4S. The zero-order valence-electron chi connectivity index (χ0n) is 10.5. The van der Waals surface area contributed by atoms with E-state index in [4.69, 9.17) is 5.11 Å². The van der Waals surface area contributed by atoms with Gasteiger partial charge in [-0.2, -0.15) is 0 Å². The predicted octanol–water partition coefficient (Wildman–Crippen LogP) is 1.54. The lowest BCUT2D eigenvalue weighted by atomic mass is 10.2. The molecule has 1 aromatic carbocycles. The number of rotatable bonds is 6. The summed E-state index contributed by atoms with van der Waals surface area (Å²) in [6, 6.07) is 8.43. The van der Waals surface area contributed by atoms with E-state index in [0.29, 0.717) is 5.56 Å². The molecule has 0 aromatic heterocycles. The lowest BCUT2D eigenvalue weighted by molar-refractivity contribution is -0.136. The van der Waals surface area contributed by atoms with E-state index in [9.17, 15) is 14.4 Å². The first-order chi connectivity index (χ1) is 8.99. The molecule has 0 fully saturated rings. The summed E-state index contributed by atoms with van der Waals surface area (Å²) in [5.41, 5.74) is 0.416. The van der Waals surface area contributed by atoms with Crippen LogP contribution in [0.4, 0.5) is 0 Å². The highest BCUT2D eigenvalue weighted by Gasteiger charge is 2.13. The minimum Gasteiger partial charge on any atom is -0.481 e. The minimum absolute atomic E-state index is 0.00935. The first kappa shape index (κ1) is 15.2. The monoisotopic (exact) mass is 281 g/mol. The van der Waals surface area contributed by atoms with Crippen molar-refractivity contribution >= 4 is 29.5 Å². The Balaban J connectivity index is 2.36. The molecule has 6 heteroatoms. The van der Waals surface area contributed by atoms with Gasteiger partial charge in [0.2, 0.25) is 5.91 Å². The van der Waals surface area contributed by atoms with Crippen LogP contribution in [0, 0.1) is 0 Å². The van der Waals surface area contributed by atoms with E-state index in [1.54, 1.807) is 37.3 Å². The average Bonchev–Trinajstić information content (AvgIpc) is 2.36. The number of benzene rings is 1. The molecule has 19 heavy (non-hydrogen) atoms. The Morgan fingerprint density at radius 2 is 1.89 bits per heavy atom. The number of hydrogen-bond acceptors (Lipinski definition) is 4. The SMILES string of the molecule is CC(CC(=O)O)SCC(=O)NC(=O)c1ccccc1. The Kier molecular flexibility index (Phi) is 6.08. The third-order valence-electron chi connectivity index (χ3n) is 2.25. The number of hydrogen-bond donors (Lipinski definition) is 2. The fraction of sp³-hybridized carbons (Fsp3) is 0.308.